The van der Waals surface area contributed by atoms with E-state index in [-0.39, 0.29) is 10.5 Å². The van der Waals surface area contributed by atoms with Crippen LogP contribution in [-0.2, 0) is 9.53 Å². The van der Waals surface area contributed by atoms with Gasteiger partial charge >= 0.3 is 5.97 Å². The van der Waals surface area contributed by atoms with Crippen LogP contribution in [0.2, 0.25) is 0 Å². The first-order valence-electron chi connectivity index (χ1n) is 3.54. The van der Waals surface area contributed by atoms with Crippen LogP contribution in [0.15, 0.2) is 22.1 Å². The molecule has 0 aliphatic heterocycles. The molecule has 0 fully saturated rings. The van der Waals surface area contributed by atoms with Crippen molar-refractivity contribution in [1.82, 2.24) is 0 Å². The van der Waals surface area contributed by atoms with E-state index in [0.29, 0.717) is 12.4 Å². The maximum absolute atomic E-state index is 10.3. The molecule has 5 heteroatoms. The molecule has 0 saturated carbocycles. The lowest BCUT2D eigenvalue weighted by atomic mass is 10.7. The molecule has 74 valence electrons. The van der Waals surface area contributed by atoms with Gasteiger partial charge in [-0.2, -0.15) is 0 Å². The summed E-state index contributed by atoms with van der Waals surface area (Å²) in [7, 11) is 0. The average molecular weight is 241 g/mol. The van der Waals surface area contributed by atoms with Gasteiger partial charge in [0.2, 0.25) is 0 Å². The van der Waals surface area contributed by atoms with Crippen LogP contribution < -0.4 is 0 Å². The number of carbonyl (C=O) groups excluding carboxylic acids is 1. The van der Waals surface area contributed by atoms with E-state index in [1.165, 1.54) is 18.7 Å². The number of halogens is 2. The fourth-order valence-corrected chi connectivity index (χ4v) is 1.37. The van der Waals surface area contributed by atoms with E-state index < -0.39 is 0 Å². The summed E-state index contributed by atoms with van der Waals surface area (Å²) in [5, 5.41) is 1.83. The van der Waals surface area contributed by atoms with Gasteiger partial charge in [-0.05, 0) is 17.6 Å². The number of ether oxygens (including phenoxy) is 1. The third-order valence-corrected chi connectivity index (χ3v) is 1.96. The van der Waals surface area contributed by atoms with Crippen LogP contribution >= 0.6 is 35.0 Å². The first-order valence-corrected chi connectivity index (χ1v) is 5.34. The molecule has 0 unspecified atom stereocenters. The van der Waals surface area contributed by atoms with Gasteiger partial charge in [0, 0.05) is 12.7 Å². The number of rotatable bonds is 5. The summed E-state index contributed by atoms with van der Waals surface area (Å²) in [6.45, 7) is 1.68. The van der Waals surface area contributed by atoms with E-state index in [9.17, 15) is 4.79 Å². The Kier molecular flexibility index (Phi) is 8.40. The van der Waals surface area contributed by atoms with E-state index in [2.05, 4.69) is 4.74 Å². The topological polar surface area (TPSA) is 26.3 Å². The fourth-order valence-electron chi connectivity index (χ4n) is 0.439. The predicted molar refractivity (Wildman–Crippen MR) is 58.0 cm³/mol. The lowest BCUT2D eigenvalue weighted by Crippen LogP contribution is -1.96. The van der Waals surface area contributed by atoms with Crippen molar-refractivity contribution in [2.24, 2.45) is 0 Å². The zero-order valence-corrected chi connectivity index (χ0v) is 9.46. The molecule has 0 spiro atoms. The van der Waals surface area contributed by atoms with E-state index in [0.717, 1.165) is 0 Å². The van der Waals surface area contributed by atoms with Gasteiger partial charge in [-0.25, -0.2) is 0 Å². The van der Waals surface area contributed by atoms with Crippen molar-refractivity contribution >= 4 is 40.9 Å². The molecule has 2 nitrogen and oxygen atoms in total. The highest BCUT2D eigenvalue weighted by atomic mass is 35.5. The summed E-state index contributed by atoms with van der Waals surface area (Å²) in [6, 6.07) is 0. The monoisotopic (exact) mass is 240 g/mol. The molecular formula is C8H10Cl2O2S. The van der Waals surface area contributed by atoms with Gasteiger partial charge in [0.05, 0.1) is 0 Å². The Balaban J connectivity index is 3.32. The third-order valence-electron chi connectivity index (χ3n) is 0.909. The molecule has 0 aromatic carbocycles. The fraction of sp³-hybridized carbons (Fsp3) is 0.375. The van der Waals surface area contributed by atoms with E-state index in [4.69, 9.17) is 23.2 Å². The molecular weight excluding hydrogens is 231 g/mol. The summed E-state index contributed by atoms with van der Waals surface area (Å²) in [5.74, 6) is 0.428. The smallest absolute Gasteiger partial charge is 0.302 e. The van der Waals surface area contributed by atoms with Crippen LogP contribution in [0.25, 0.3) is 0 Å². The van der Waals surface area contributed by atoms with Crippen molar-refractivity contribution in [3.05, 3.63) is 22.1 Å². The predicted octanol–water partition coefficient (Wildman–Crippen LogP) is 3.12. The van der Waals surface area contributed by atoms with Gasteiger partial charge in [0.15, 0.2) is 0 Å². The first kappa shape index (κ1) is 12.9. The molecule has 0 bridgehead atoms. The lowest BCUT2D eigenvalue weighted by Gasteiger charge is -1.93. The van der Waals surface area contributed by atoms with Crippen LogP contribution in [0.4, 0.5) is 0 Å². The largest absolute Gasteiger partial charge is 0.462 e. The van der Waals surface area contributed by atoms with Gasteiger partial charge in [0.25, 0.3) is 0 Å². The number of thioether (sulfide) groups is 1. The molecule has 13 heavy (non-hydrogen) atoms. The second-order valence-corrected chi connectivity index (χ2v) is 3.95. The van der Waals surface area contributed by atoms with E-state index in [1.54, 1.807) is 12.2 Å². The third kappa shape index (κ3) is 11.9. The zero-order valence-electron chi connectivity index (χ0n) is 7.13. The Labute approximate surface area is 91.9 Å². The summed E-state index contributed by atoms with van der Waals surface area (Å²) < 4.78 is 4.93. The highest BCUT2D eigenvalue weighted by molar-refractivity contribution is 8.02. The number of hydrogen-bond acceptors (Lipinski definition) is 3. The minimum absolute atomic E-state index is 0.265. The average Bonchev–Trinajstić information content (AvgIpc) is 2.01. The summed E-state index contributed by atoms with van der Waals surface area (Å²) in [5.41, 5.74) is 0. The lowest BCUT2D eigenvalue weighted by molar-refractivity contribution is -0.139. The molecule has 0 amide bonds. The van der Waals surface area contributed by atoms with Crippen LogP contribution in [0.5, 0.6) is 0 Å². The molecule has 0 saturated heterocycles. The summed E-state index contributed by atoms with van der Waals surface area (Å²) >= 11 is 12.3. The summed E-state index contributed by atoms with van der Waals surface area (Å²) in [4.78, 5) is 10.3. The molecule has 0 aromatic heterocycles. The zero-order chi connectivity index (χ0) is 10.1. The van der Waals surface area contributed by atoms with Crippen LogP contribution in [0, 0.1) is 0 Å². The molecule has 0 aliphatic rings. The molecule has 0 N–H and O–H groups in total. The Morgan fingerprint density at radius 1 is 1.54 bits per heavy atom. The van der Waals surface area contributed by atoms with Crippen molar-refractivity contribution in [3.63, 3.8) is 0 Å². The molecule has 0 aliphatic carbocycles. The van der Waals surface area contributed by atoms with Crippen LogP contribution in [0.3, 0.4) is 0 Å². The quantitative estimate of drug-likeness (QED) is 0.546. The number of esters is 1. The molecule has 0 atom stereocenters. The van der Waals surface area contributed by atoms with Gasteiger partial charge in [-0.3, -0.25) is 4.79 Å². The van der Waals surface area contributed by atoms with Crippen molar-refractivity contribution < 1.29 is 9.53 Å². The van der Waals surface area contributed by atoms with Crippen LogP contribution in [-0.4, -0.2) is 18.3 Å². The van der Waals surface area contributed by atoms with Gasteiger partial charge in [0.1, 0.15) is 11.1 Å². The molecule has 0 heterocycles. The maximum atomic E-state index is 10.3. The maximum Gasteiger partial charge on any atom is 0.302 e. The summed E-state index contributed by atoms with van der Waals surface area (Å²) in [6.07, 6.45) is 3.44. The SMILES string of the molecule is CC(=O)OC/C=C/SCC=C(Cl)Cl. The van der Waals surface area contributed by atoms with Gasteiger partial charge in [-0.15, -0.1) is 11.8 Å². The first-order chi connectivity index (χ1) is 6.13. The Bertz CT molecular complexity index is 210. The highest BCUT2D eigenvalue weighted by Gasteiger charge is 1.86. The van der Waals surface area contributed by atoms with Crippen molar-refractivity contribution in [2.45, 2.75) is 6.92 Å². The number of hydrogen-bond donors (Lipinski definition) is 0. The highest BCUT2D eigenvalue weighted by Crippen LogP contribution is 2.10. The van der Waals surface area contributed by atoms with E-state index >= 15 is 0 Å². The van der Waals surface area contributed by atoms with Crippen molar-refractivity contribution in [3.8, 4) is 0 Å². The number of carbonyl (C=O) groups is 1. The second kappa shape index (κ2) is 8.48. The Morgan fingerprint density at radius 3 is 2.77 bits per heavy atom. The van der Waals surface area contributed by atoms with E-state index in [1.807, 2.05) is 5.41 Å². The van der Waals surface area contributed by atoms with Crippen molar-refractivity contribution in [2.75, 3.05) is 12.4 Å². The minimum atomic E-state index is -0.279. The molecule has 0 aromatic rings. The Hall–Kier alpha value is -0.120. The normalized spacial score (nSPS) is 10.1. The second-order valence-electron chi connectivity index (χ2n) is 2.00. The van der Waals surface area contributed by atoms with Crippen LogP contribution in [0.1, 0.15) is 6.92 Å². The molecule has 0 rings (SSSR count). The Morgan fingerprint density at radius 2 is 2.23 bits per heavy atom. The molecule has 0 radical (unpaired) electrons. The van der Waals surface area contributed by atoms with Gasteiger partial charge in [-0.1, -0.05) is 23.2 Å². The van der Waals surface area contributed by atoms with Crippen molar-refractivity contribution in [1.29, 1.82) is 0 Å². The standard InChI is InChI=1S/C8H10Cl2O2S/c1-7(11)12-4-2-5-13-6-3-8(9)10/h2-3,5H,4,6H2,1H3/b5-2+. The minimum Gasteiger partial charge on any atom is -0.462 e. The van der Waals surface area contributed by atoms with Gasteiger partial charge < -0.3 is 4.74 Å².